The molecule has 22 heavy (non-hydrogen) atoms. The Labute approximate surface area is 133 Å². The summed E-state index contributed by atoms with van der Waals surface area (Å²) in [5, 5.41) is 1.46. The Bertz CT molecular complexity index is 790. The molecule has 0 fully saturated rings. The number of nitrogens with one attached hydrogen (secondary N) is 1. The lowest BCUT2D eigenvalue weighted by Gasteiger charge is -2.24. The summed E-state index contributed by atoms with van der Waals surface area (Å²) in [4.78, 5) is 11.6. The maximum Gasteiger partial charge on any atom is 0.269 e. The van der Waals surface area contributed by atoms with Gasteiger partial charge in [0, 0.05) is 14.0 Å². The van der Waals surface area contributed by atoms with Crippen LogP contribution in [-0.2, 0) is 11.2 Å². The van der Waals surface area contributed by atoms with Crippen molar-refractivity contribution in [1.82, 2.24) is 5.73 Å². The average molecular weight is 306 g/mol. The summed E-state index contributed by atoms with van der Waals surface area (Å²) in [6.07, 6.45) is 8.13. The maximum absolute atomic E-state index is 11.6. The van der Waals surface area contributed by atoms with Crippen molar-refractivity contribution in [2.24, 2.45) is 0 Å². The van der Waals surface area contributed by atoms with Crippen molar-refractivity contribution in [3.05, 3.63) is 58.2 Å². The zero-order valence-corrected chi connectivity index (χ0v) is 14.3. The number of hydrogen-bond donors (Lipinski definition) is 0. The van der Waals surface area contributed by atoms with Crippen LogP contribution in [-0.4, -0.2) is 19.5 Å². The third-order valence-electron chi connectivity index (χ3n) is 4.53. The molecule has 0 bridgehead atoms. The first-order chi connectivity index (χ1) is 10.5. The van der Waals surface area contributed by atoms with Crippen LogP contribution in [0.1, 0.15) is 30.0 Å². The Balaban J connectivity index is 2.29. The molecule has 0 atom stereocenters. The minimum absolute atomic E-state index is 0.571. The van der Waals surface area contributed by atoms with E-state index in [2.05, 4.69) is 43.4 Å². The second-order valence-corrected chi connectivity index (χ2v) is 8.72. The minimum Gasteiger partial charge on any atom is -0.267 e. The van der Waals surface area contributed by atoms with E-state index in [0.717, 1.165) is 18.4 Å². The first kappa shape index (κ1) is 14.9. The van der Waals surface area contributed by atoms with Crippen molar-refractivity contribution in [2.45, 2.75) is 32.9 Å². The van der Waals surface area contributed by atoms with Crippen molar-refractivity contribution in [2.75, 3.05) is 0 Å². The first-order valence-electron chi connectivity index (χ1n) is 7.63. The van der Waals surface area contributed by atoms with Gasteiger partial charge in [-0.15, -0.1) is 0 Å². The summed E-state index contributed by atoms with van der Waals surface area (Å²) in [6, 6.07) is 6.44. The number of carbonyl (C=O) groups is 1. The van der Waals surface area contributed by atoms with Crippen LogP contribution in [0.4, 0.5) is 0 Å². The highest BCUT2D eigenvalue weighted by atomic mass is 28.2. The number of rotatable bonds is 2. The predicted octanol–water partition coefficient (Wildman–Crippen LogP) is 3.68. The van der Waals surface area contributed by atoms with Crippen molar-refractivity contribution in [3.8, 4) is 0 Å². The molecule has 1 aromatic carbocycles. The Kier molecular flexibility index (Phi) is 3.83. The number of hydrogen-bond acceptors (Lipinski definition) is 1. The monoisotopic (exact) mass is 306 g/mol. The molecule has 0 spiro atoms. The smallest absolute Gasteiger partial charge is 0.267 e. The van der Waals surface area contributed by atoms with Gasteiger partial charge in [0.1, 0.15) is 0 Å². The van der Waals surface area contributed by atoms with Gasteiger partial charge in [-0.3, -0.25) is 10.5 Å². The molecule has 1 N–H and O–H groups in total. The fourth-order valence-electron chi connectivity index (χ4n) is 3.41. The molecular formula is C19H20NOSi. The molecule has 2 aliphatic rings. The Hall–Kier alpha value is -2.00. The zero-order chi connectivity index (χ0) is 15.9. The fourth-order valence-corrected chi connectivity index (χ4v) is 4.74. The predicted molar refractivity (Wildman–Crippen MR) is 95.1 cm³/mol. The fraction of sp³-hybridized carbons (Fsp3) is 0.263. The summed E-state index contributed by atoms with van der Waals surface area (Å²) >= 11 is 0. The van der Waals surface area contributed by atoms with E-state index in [1.54, 1.807) is 0 Å². The second kappa shape index (κ2) is 5.65. The summed E-state index contributed by atoms with van der Waals surface area (Å²) in [5.41, 5.74) is 14.2. The number of benzene rings is 1. The molecule has 0 aromatic heterocycles. The van der Waals surface area contributed by atoms with Crippen LogP contribution in [0.2, 0.25) is 13.1 Å². The molecule has 2 nitrogen and oxygen atoms in total. The largest absolute Gasteiger partial charge is 0.269 e. The molecule has 0 unspecified atom stereocenters. The van der Waals surface area contributed by atoms with Crippen LogP contribution in [0.25, 0.3) is 11.6 Å². The van der Waals surface area contributed by atoms with E-state index in [-0.39, 0.29) is 0 Å². The Morgan fingerprint density at radius 3 is 2.68 bits per heavy atom. The van der Waals surface area contributed by atoms with Gasteiger partial charge in [-0.25, -0.2) is 0 Å². The van der Waals surface area contributed by atoms with Crippen LogP contribution in [0.5, 0.6) is 0 Å². The topological polar surface area (TPSA) is 40.9 Å². The molecule has 0 saturated carbocycles. The minimum atomic E-state index is -0.611. The zero-order valence-electron chi connectivity index (χ0n) is 13.3. The van der Waals surface area contributed by atoms with Gasteiger partial charge in [0.05, 0.1) is 0 Å². The Morgan fingerprint density at radius 2 is 2.00 bits per heavy atom. The lowest BCUT2D eigenvalue weighted by atomic mass is 9.84. The third kappa shape index (κ3) is 2.35. The van der Waals surface area contributed by atoms with E-state index in [1.165, 1.54) is 27.4 Å². The van der Waals surface area contributed by atoms with Gasteiger partial charge in [-0.2, -0.15) is 0 Å². The molecule has 0 aliphatic heterocycles. The molecule has 3 rings (SSSR count). The van der Waals surface area contributed by atoms with E-state index >= 15 is 0 Å². The number of fused-ring (bicyclic) bond motifs is 1. The summed E-state index contributed by atoms with van der Waals surface area (Å²) in [5.74, 6) is -0.571. The Morgan fingerprint density at radius 1 is 1.23 bits per heavy atom. The van der Waals surface area contributed by atoms with Crippen molar-refractivity contribution in [1.29, 1.82) is 0 Å². The summed E-state index contributed by atoms with van der Waals surface area (Å²) in [6.45, 7) is 6.59. The van der Waals surface area contributed by atoms with Crippen molar-refractivity contribution < 1.29 is 4.79 Å². The SMILES string of the molecule is CC1=C(c2cccc3c2C=CC3)C(=[Si](C)C)CC=C1C([NH])=O. The van der Waals surface area contributed by atoms with E-state index in [4.69, 9.17) is 5.73 Å². The van der Waals surface area contributed by atoms with Gasteiger partial charge < -0.3 is 0 Å². The second-order valence-electron chi connectivity index (χ2n) is 6.11. The van der Waals surface area contributed by atoms with E-state index in [0.29, 0.717) is 5.57 Å². The molecule has 3 heteroatoms. The van der Waals surface area contributed by atoms with Crippen molar-refractivity contribution in [3.63, 3.8) is 0 Å². The molecule has 1 aromatic rings. The van der Waals surface area contributed by atoms with Gasteiger partial charge >= 0.3 is 0 Å². The lowest BCUT2D eigenvalue weighted by molar-refractivity contribution is -0.114. The van der Waals surface area contributed by atoms with Gasteiger partial charge in [-0.1, -0.05) is 54.7 Å². The number of allylic oxidation sites excluding steroid dienone is 3. The highest BCUT2D eigenvalue weighted by molar-refractivity contribution is 6.77. The van der Waals surface area contributed by atoms with Crippen LogP contribution in [0.3, 0.4) is 0 Å². The third-order valence-corrected chi connectivity index (χ3v) is 6.19. The van der Waals surface area contributed by atoms with Crippen LogP contribution < -0.4 is 5.73 Å². The van der Waals surface area contributed by atoms with Gasteiger partial charge in [0.2, 0.25) is 0 Å². The van der Waals surface area contributed by atoms with E-state index in [9.17, 15) is 4.79 Å². The molecule has 1 amide bonds. The van der Waals surface area contributed by atoms with Crippen LogP contribution in [0, 0.1) is 0 Å². The summed E-state index contributed by atoms with van der Waals surface area (Å²) < 4.78 is 0. The normalized spacial score (nSPS) is 16.7. The molecule has 2 aliphatic carbocycles. The van der Waals surface area contributed by atoms with Gasteiger partial charge in [0.15, 0.2) is 0 Å². The standard InChI is InChI=1S/C19H20NOSi/c1-12-14(19(20)21)10-11-17(22(2)3)18(12)16-9-5-7-13-6-4-8-15(13)16/h4-5,7-10,20H,6,11H2,1-3H3. The first-order valence-corrected chi connectivity index (χ1v) is 10.1. The van der Waals surface area contributed by atoms with Gasteiger partial charge in [0.25, 0.3) is 5.91 Å². The van der Waals surface area contributed by atoms with Gasteiger partial charge in [-0.05, 0) is 47.6 Å². The van der Waals surface area contributed by atoms with Crippen LogP contribution in [0.15, 0.2) is 41.5 Å². The highest BCUT2D eigenvalue weighted by Gasteiger charge is 2.24. The lowest BCUT2D eigenvalue weighted by Crippen LogP contribution is -2.20. The number of carbonyl (C=O) groups excluding carboxylic acids is 1. The average Bonchev–Trinajstić information content (AvgIpc) is 2.94. The molecule has 111 valence electrons. The highest BCUT2D eigenvalue weighted by Crippen LogP contribution is 2.35. The van der Waals surface area contributed by atoms with E-state index < -0.39 is 14.3 Å². The molecule has 0 heterocycles. The summed E-state index contributed by atoms with van der Waals surface area (Å²) in [7, 11) is -0.611. The molecule has 0 saturated heterocycles. The van der Waals surface area contributed by atoms with Crippen LogP contribution >= 0.6 is 0 Å². The molecular weight excluding hydrogens is 286 g/mol. The molecule has 1 radical (unpaired) electrons. The van der Waals surface area contributed by atoms with E-state index in [1.807, 2.05) is 13.0 Å². The quantitative estimate of drug-likeness (QED) is 0.768. The maximum atomic E-state index is 11.6. The van der Waals surface area contributed by atoms with Crippen molar-refractivity contribution >= 4 is 31.1 Å². The number of amides is 1.